The molecule has 1 heterocycles. The minimum Gasteiger partial charge on any atom is -0.356 e. The molecule has 1 aliphatic heterocycles. The maximum absolute atomic E-state index is 6.12. The van der Waals surface area contributed by atoms with Gasteiger partial charge in [-0.05, 0) is 36.3 Å². The van der Waals surface area contributed by atoms with Crippen LogP contribution in [-0.2, 0) is 4.74 Å². The number of hydrogen-bond acceptors (Lipinski definition) is 1. The Hall–Kier alpha value is -2.08. The molecule has 24 heavy (non-hydrogen) atoms. The van der Waals surface area contributed by atoms with E-state index < -0.39 is 0 Å². The number of quaternary nitrogens is 1. The first-order valence-corrected chi connectivity index (χ1v) is 8.94. The molecule has 0 radical (unpaired) electrons. The number of nitrogens with one attached hydrogen (secondary N) is 1. The van der Waals surface area contributed by atoms with Gasteiger partial charge in [0.15, 0.2) is 0 Å². The van der Waals surface area contributed by atoms with E-state index in [0.29, 0.717) is 6.61 Å². The van der Waals surface area contributed by atoms with Gasteiger partial charge in [-0.3, -0.25) is 0 Å². The first kappa shape index (κ1) is 16.8. The topological polar surface area (TPSA) is 13.7 Å². The predicted molar refractivity (Wildman–Crippen MR) is 97.9 cm³/mol. The maximum atomic E-state index is 6.12. The van der Waals surface area contributed by atoms with Crippen LogP contribution in [0.25, 0.3) is 0 Å². The Balaban J connectivity index is 1.59. The largest absolute Gasteiger partial charge is 0.356 e. The fraction of sp³-hybridized carbons (Fsp3) is 0.364. The number of ether oxygens (including phenoxy) is 1. The van der Waals surface area contributed by atoms with Crippen molar-refractivity contribution in [2.45, 2.75) is 25.4 Å². The summed E-state index contributed by atoms with van der Waals surface area (Å²) >= 11 is 0. The van der Waals surface area contributed by atoms with E-state index in [4.69, 9.17) is 4.74 Å². The summed E-state index contributed by atoms with van der Waals surface area (Å²) in [6.07, 6.45) is 4.02. The number of likely N-dealkylation sites (tertiary alicyclic amines) is 1. The molecule has 124 valence electrons. The van der Waals surface area contributed by atoms with E-state index in [2.05, 4.69) is 60.4 Å². The van der Waals surface area contributed by atoms with Crippen molar-refractivity contribution >= 4 is 0 Å². The Labute approximate surface area is 145 Å². The summed E-state index contributed by atoms with van der Waals surface area (Å²) in [6, 6.07) is 20.7. The van der Waals surface area contributed by atoms with E-state index in [0.717, 1.165) is 6.54 Å². The maximum Gasteiger partial charge on any atom is 0.139 e. The van der Waals surface area contributed by atoms with Crippen LogP contribution in [0.3, 0.4) is 0 Å². The molecule has 2 aromatic carbocycles. The third-order valence-corrected chi connectivity index (χ3v) is 4.55. The Morgan fingerprint density at radius 1 is 0.792 bits per heavy atom. The number of benzene rings is 2. The second-order valence-electron chi connectivity index (χ2n) is 6.35. The molecular formula is C22H26NO+. The molecule has 0 aliphatic carbocycles. The Kier molecular flexibility index (Phi) is 6.48. The molecule has 0 bridgehead atoms. The van der Waals surface area contributed by atoms with Crippen molar-refractivity contribution in [3.63, 3.8) is 0 Å². The molecule has 0 aromatic heterocycles. The van der Waals surface area contributed by atoms with E-state index >= 15 is 0 Å². The summed E-state index contributed by atoms with van der Waals surface area (Å²) in [4.78, 5) is 1.62. The molecule has 2 nitrogen and oxygen atoms in total. The molecule has 1 N–H and O–H groups in total. The van der Waals surface area contributed by atoms with Gasteiger partial charge in [-0.15, -0.1) is 0 Å². The molecule has 0 saturated carbocycles. The minimum atomic E-state index is -0.0518. The smallest absolute Gasteiger partial charge is 0.139 e. The highest BCUT2D eigenvalue weighted by atomic mass is 16.5. The zero-order valence-electron chi connectivity index (χ0n) is 14.2. The van der Waals surface area contributed by atoms with E-state index in [-0.39, 0.29) is 6.10 Å². The van der Waals surface area contributed by atoms with E-state index in [9.17, 15) is 0 Å². The van der Waals surface area contributed by atoms with Crippen molar-refractivity contribution in [1.29, 1.82) is 0 Å². The average molecular weight is 320 g/mol. The lowest BCUT2D eigenvalue weighted by atomic mass is 10.0. The van der Waals surface area contributed by atoms with Gasteiger partial charge in [0.25, 0.3) is 0 Å². The second-order valence-corrected chi connectivity index (χ2v) is 6.35. The van der Waals surface area contributed by atoms with Crippen molar-refractivity contribution in [2.24, 2.45) is 0 Å². The van der Waals surface area contributed by atoms with E-state index in [1.54, 1.807) is 4.90 Å². The third kappa shape index (κ3) is 4.96. The fourth-order valence-electron chi connectivity index (χ4n) is 3.23. The molecule has 1 fully saturated rings. The van der Waals surface area contributed by atoms with Gasteiger partial charge >= 0.3 is 0 Å². The highest BCUT2D eigenvalue weighted by Gasteiger charge is 2.14. The quantitative estimate of drug-likeness (QED) is 0.837. The summed E-state index contributed by atoms with van der Waals surface area (Å²) in [7, 11) is 0. The molecule has 0 spiro atoms. The van der Waals surface area contributed by atoms with E-state index in [1.165, 1.54) is 43.5 Å². The first-order valence-electron chi connectivity index (χ1n) is 8.94. The average Bonchev–Trinajstić information content (AvgIpc) is 2.67. The van der Waals surface area contributed by atoms with Crippen LogP contribution in [0.2, 0.25) is 0 Å². The van der Waals surface area contributed by atoms with Crippen LogP contribution < -0.4 is 4.90 Å². The zero-order chi connectivity index (χ0) is 16.5. The van der Waals surface area contributed by atoms with Crippen LogP contribution >= 0.6 is 0 Å². The second kappa shape index (κ2) is 9.27. The Morgan fingerprint density at radius 3 is 1.96 bits per heavy atom. The fourth-order valence-corrected chi connectivity index (χ4v) is 3.23. The van der Waals surface area contributed by atoms with E-state index in [1.807, 2.05) is 12.1 Å². The van der Waals surface area contributed by atoms with Crippen LogP contribution in [0.5, 0.6) is 0 Å². The van der Waals surface area contributed by atoms with Crippen molar-refractivity contribution < 1.29 is 9.64 Å². The predicted octanol–water partition coefficient (Wildman–Crippen LogP) is 2.86. The van der Waals surface area contributed by atoms with Crippen molar-refractivity contribution in [2.75, 3.05) is 26.2 Å². The lowest BCUT2D eigenvalue weighted by Crippen LogP contribution is -3.12. The van der Waals surface area contributed by atoms with Crippen LogP contribution in [0.15, 0.2) is 60.7 Å². The number of rotatable bonds is 5. The molecule has 0 atom stereocenters. The van der Waals surface area contributed by atoms with Gasteiger partial charge in [0.05, 0.1) is 13.1 Å². The van der Waals surface area contributed by atoms with Gasteiger partial charge in [0.1, 0.15) is 19.3 Å². The lowest BCUT2D eigenvalue weighted by Gasteiger charge is -2.21. The molecule has 0 amide bonds. The monoisotopic (exact) mass is 320 g/mol. The van der Waals surface area contributed by atoms with Gasteiger partial charge in [-0.2, -0.15) is 0 Å². The summed E-state index contributed by atoms with van der Waals surface area (Å²) in [5, 5.41) is 0. The molecule has 1 aliphatic rings. The zero-order valence-corrected chi connectivity index (χ0v) is 14.2. The molecule has 0 unspecified atom stereocenters. The van der Waals surface area contributed by atoms with Crippen molar-refractivity contribution in [1.82, 2.24) is 0 Å². The summed E-state index contributed by atoms with van der Waals surface area (Å²) < 4.78 is 6.12. The summed E-state index contributed by atoms with van der Waals surface area (Å²) in [6.45, 7) is 3.96. The van der Waals surface area contributed by atoms with Crippen LogP contribution in [-0.4, -0.2) is 26.2 Å². The molecule has 1 saturated heterocycles. The van der Waals surface area contributed by atoms with Gasteiger partial charge < -0.3 is 9.64 Å². The van der Waals surface area contributed by atoms with Crippen LogP contribution in [0.1, 0.15) is 36.5 Å². The SMILES string of the molecule is C(#CC[NH+]1CCCCC1)COC(c1ccccc1)c1ccccc1. The van der Waals surface area contributed by atoms with Gasteiger partial charge in [-0.1, -0.05) is 66.6 Å². The normalized spacial score (nSPS) is 15.0. The lowest BCUT2D eigenvalue weighted by molar-refractivity contribution is -0.897. The highest BCUT2D eigenvalue weighted by Crippen LogP contribution is 2.25. The summed E-state index contributed by atoms with van der Waals surface area (Å²) in [5.41, 5.74) is 2.35. The standard InChI is InChI=1S/C22H25NO/c1-4-12-20(13-5-1)22(21-14-6-2-7-15-21)24-19-11-10-18-23-16-8-3-9-17-23/h1-2,4-7,12-15,22H,3,8-9,16-19H2/p+1. The summed E-state index contributed by atoms with van der Waals surface area (Å²) in [5.74, 6) is 6.51. The van der Waals surface area contributed by atoms with Crippen molar-refractivity contribution in [3.8, 4) is 11.8 Å². The van der Waals surface area contributed by atoms with Crippen molar-refractivity contribution in [3.05, 3.63) is 71.8 Å². The molecule has 3 rings (SSSR count). The van der Waals surface area contributed by atoms with Crippen LogP contribution in [0, 0.1) is 11.8 Å². The third-order valence-electron chi connectivity index (χ3n) is 4.55. The molecular weight excluding hydrogens is 294 g/mol. The minimum absolute atomic E-state index is 0.0518. The number of hydrogen-bond donors (Lipinski definition) is 1. The van der Waals surface area contributed by atoms with Gasteiger partial charge in [-0.25, -0.2) is 0 Å². The first-order chi connectivity index (χ1) is 11.9. The Bertz CT molecular complexity index is 611. The Morgan fingerprint density at radius 2 is 1.38 bits per heavy atom. The molecule has 2 aromatic rings. The number of piperidine rings is 1. The highest BCUT2D eigenvalue weighted by molar-refractivity contribution is 5.30. The van der Waals surface area contributed by atoms with Gasteiger partial charge in [0, 0.05) is 0 Å². The molecule has 2 heteroatoms. The van der Waals surface area contributed by atoms with Gasteiger partial charge in [0.2, 0.25) is 0 Å². The van der Waals surface area contributed by atoms with Crippen LogP contribution in [0.4, 0.5) is 0 Å².